The predicted octanol–water partition coefficient (Wildman–Crippen LogP) is 5.33. The molecule has 0 spiro atoms. The van der Waals surface area contributed by atoms with E-state index in [4.69, 9.17) is 4.42 Å². The van der Waals surface area contributed by atoms with Crippen LogP contribution in [0.4, 0.5) is 0 Å². The Morgan fingerprint density at radius 3 is 2.18 bits per heavy atom. The van der Waals surface area contributed by atoms with Crippen LogP contribution in [0.3, 0.4) is 0 Å². The van der Waals surface area contributed by atoms with E-state index in [1.54, 1.807) is 30.3 Å². The molecule has 1 aromatic heterocycles. The van der Waals surface area contributed by atoms with Gasteiger partial charge < -0.3 is 14.6 Å². The number of hydrogen-bond acceptors (Lipinski definition) is 4. The molecule has 0 bridgehead atoms. The zero-order chi connectivity index (χ0) is 20.1. The minimum absolute atomic E-state index is 0.0174. The predicted molar refractivity (Wildman–Crippen MR) is 110 cm³/mol. The van der Waals surface area contributed by atoms with E-state index >= 15 is 0 Å². The van der Waals surface area contributed by atoms with Gasteiger partial charge in [-0.15, -0.1) is 0 Å². The van der Waals surface area contributed by atoms with E-state index in [1.165, 1.54) is 0 Å². The topological polar surface area (TPSA) is 70.7 Å². The second kappa shape index (κ2) is 8.79. The average Bonchev–Trinajstić information content (AvgIpc) is 2.70. The third kappa shape index (κ3) is 4.28. The first-order chi connectivity index (χ1) is 13.5. The van der Waals surface area contributed by atoms with Crippen molar-refractivity contribution in [2.45, 2.75) is 44.9 Å². The fourth-order valence-electron chi connectivity index (χ4n) is 3.69. The molecule has 2 N–H and O–H groups in total. The highest BCUT2D eigenvalue weighted by Gasteiger charge is 2.24. The summed E-state index contributed by atoms with van der Waals surface area (Å²) < 4.78 is 5.68. The summed E-state index contributed by atoms with van der Waals surface area (Å²) in [5.41, 5.74) is 1.79. The van der Waals surface area contributed by atoms with Gasteiger partial charge in [-0.2, -0.15) is 0 Å². The van der Waals surface area contributed by atoms with Crippen molar-refractivity contribution < 1.29 is 14.6 Å². The third-order valence-electron chi connectivity index (χ3n) is 5.26. The fourth-order valence-corrected chi connectivity index (χ4v) is 3.69. The lowest BCUT2D eigenvalue weighted by molar-refractivity contribution is 0.381. The van der Waals surface area contributed by atoms with Gasteiger partial charge in [-0.05, 0) is 42.5 Å². The van der Waals surface area contributed by atoms with E-state index < -0.39 is 5.63 Å². The van der Waals surface area contributed by atoms with Crippen molar-refractivity contribution in [2.75, 3.05) is 0 Å². The quantitative estimate of drug-likeness (QED) is 0.583. The molecule has 0 fully saturated rings. The van der Waals surface area contributed by atoms with Gasteiger partial charge in [0, 0.05) is 17.9 Å². The summed E-state index contributed by atoms with van der Waals surface area (Å²) in [6, 6.07) is 18.3. The Balaban J connectivity index is 1.95. The van der Waals surface area contributed by atoms with Crippen molar-refractivity contribution in [3.63, 3.8) is 0 Å². The summed E-state index contributed by atoms with van der Waals surface area (Å²) in [5.74, 6) is 0.372. The van der Waals surface area contributed by atoms with E-state index in [0.717, 1.165) is 24.0 Å². The third-order valence-corrected chi connectivity index (χ3v) is 5.26. The van der Waals surface area contributed by atoms with Gasteiger partial charge in [-0.3, -0.25) is 0 Å². The molecule has 4 heteroatoms. The van der Waals surface area contributed by atoms with E-state index in [9.17, 15) is 15.0 Å². The van der Waals surface area contributed by atoms with Gasteiger partial charge >= 0.3 is 5.63 Å². The molecule has 0 radical (unpaired) electrons. The Hall–Kier alpha value is -3.01. The SMILES string of the molecule is CCC(Cc1ccccc1)c1cc(O)c(C(CC)c2ccc(O)cc2)c(=O)o1. The van der Waals surface area contributed by atoms with Crippen LogP contribution in [-0.4, -0.2) is 10.2 Å². The minimum Gasteiger partial charge on any atom is -0.508 e. The van der Waals surface area contributed by atoms with Crippen LogP contribution < -0.4 is 5.63 Å². The van der Waals surface area contributed by atoms with E-state index in [2.05, 4.69) is 0 Å². The monoisotopic (exact) mass is 378 g/mol. The van der Waals surface area contributed by atoms with Gasteiger partial charge in [-0.1, -0.05) is 56.3 Å². The zero-order valence-electron chi connectivity index (χ0n) is 16.3. The van der Waals surface area contributed by atoms with Gasteiger partial charge in [0.15, 0.2) is 0 Å². The molecule has 146 valence electrons. The largest absolute Gasteiger partial charge is 0.508 e. The molecule has 0 saturated carbocycles. The summed E-state index contributed by atoms with van der Waals surface area (Å²) in [6.45, 7) is 4.00. The van der Waals surface area contributed by atoms with E-state index in [0.29, 0.717) is 12.2 Å². The molecule has 2 aromatic carbocycles. The molecular formula is C24H26O4. The Morgan fingerprint density at radius 1 is 0.929 bits per heavy atom. The second-order valence-electron chi connectivity index (χ2n) is 7.08. The zero-order valence-corrected chi connectivity index (χ0v) is 16.3. The lowest BCUT2D eigenvalue weighted by Gasteiger charge is -2.19. The number of hydrogen-bond donors (Lipinski definition) is 2. The van der Waals surface area contributed by atoms with Crippen LogP contribution in [0, 0.1) is 0 Å². The molecule has 3 aromatic rings. The van der Waals surface area contributed by atoms with E-state index in [-0.39, 0.29) is 28.9 Å². The van der Waals surface area contributed by atoms with Crippen molar-refractivity contribution in [1.29, 1.82) is 0 Å². The molecule has 0 aliphatic carbocycles. The molecule has 1 heterocycles. The molecule has 2 atom stereocenters. The van der Waals surface area contributed by atoms with Gasteiger partial charge in [-0.25, -0.2) is 4.79 Å². The minimum atomic E-state index is -0.499. The first kappa shape index (κ1) is 19.7. The van der Waals surface area contributed by atoms with Crippen LogP contribution in [0.25, 0.3) is 0 Å². The number of phenols is 1. The van der Waals surface area contributed by atoms with Crippen LogP contribution in [-0.2, 0) is 6.42 Å². The van der Waals surface area contributed by atoms with Crippen molar-refractivity contribution in [3.05, 3.63) is 93.5 Å². The van der Waals surface area contributed by atoms with E-state index in [1.807, 2.05) is 44.2 Å². The highest BCUT2D eigenvalue weighted by atomic mass is 16.4. The molecule has 0 amide bonds. The summed E-state index contributed by atoms with van der Waals surface area (Å²) in [4.78, 5) is 12.8. The van der Waals surface area contributed by atoms with Crippen LogP contribution in [0.15, 0.2) is 69.9 Å². The van der Waals surface area contributed by atoms with Crippen molar-refractivity contribution in [2.24, 2.45) is 0 Å². The molecule has 4 nitrogen and oxygen atoms in total. The number of benzene rings is 2. The summed E-state index contributed by atoms with van der Waals surface area (Å²) in [5, 5.41) is 20.2. The van der Waals surface area contributed by atoms with Crippen LogP contribution >= 0.6 is 0 Å². The number of phenolic OH excluding ortho intramolecular Hbond substituents is 1. The van der Waals surface area contributed by atoms with Crippen molar-refractivity contribution >= 4 is 0 Å². The summed E-state index contributed by atoms with van der Waals surface area (Å²) in [6.07, 6.45) is 2.17. The number of rotatable bonds is 7. The molecule has 0 aliphatic heterocycles. The van der Waals surface area contributed by atoms with Crippen LogP contribution in [0.1, 0.15) is 61.0 Å². The van der Waals surface area contributed by atoms with Gasteiger partial charge in [0.1, 0.15) is 17.3 Å². The Labute approximate surface area is 165 Å². The second-order valence-corrected chi connectivity index (χ2v) is 7.08. The fraction of sp³-hybridized carbons (Fsp3) is 0.292. The summed E-state index contributed by atoms with van der Waals surface area (Å²) >= 11 is 0. The maximum Gasteiger partial charge on any atom is 0.343 e. The molecule has 0 aliphatic rings. The molecule has 28 heavy (non-hydrogen) atoms. The first-order valence-corrected chi connectivity index (χ1v) is 9.73. The first-order valence-electron chi connectivity index (χ1n) is 9.73. The highest BCUT2D eigenvalue weighted by molar-refractivity contribution is 5.41. The Kier molecular flexibility index (Phi) is 6.19. The van der Waals surface area contributed by atoms with Gasteiger partial charge in [0.25, 0.3) is 0 Å². The molecule has 3 rings (SSSR count). The highest BCUT2D eigenvalue weighted by Crippen LogP contribution is 2.34. The maximum absolute atomic E-state index is 12.8. The van der Waals surface area contributed by atoms with Crippen LogP contribution in [0.2, 0.25) is 0 Å². The van der Waals surface area contributed by atoms with Crippen molar-refractivity contribution in [3.8, 4) is 11.5 Å². The molecule has 0 saturated heterocycles. The van der Waals surface area contributed by atoms with Crippen molar-refractivity contribution in [1.82, 2.24) is 0 Å². The van der Waals surface area contributed by atoms with Gasteiger partial charge in [0.2, 0.25) is 0 Å². The standard InChI is InChI=1S/C24H26O4/c1-3-17(14-16-8-6-5-7-9-16)22-15-21(26)23(24(27)28-22)20(4-2)18-10-12-19(25)13-11-18/h5-13,15,17,20,25-26H,3-4,14H2,1-2H3. The van der Waals surface area contributed by atoms with Gasteiger partial charge in [0.05, 0.1) is 5.56 Å². The lowest BCUT2D eigenvalue weighted by atomic mass is 9.88. The summed E-state index contributed by atoms with van der Waals surface area (Å²) in [7, 11) is 0. The number of aromatic hydroxyl groups is 2. The molecule has 2 unspecified atom stereocenters. The molecular weight excluding hydrogens is 352 g/mol. The Morgan fingerprint density at radius 2 is 1.61 bits per heavy atom. The maximum atomic E-state index is 12.8. The lowest BCUT2D eigenvalue weighted by Crippen LogP contribution is -2.16. The normalized spacial score (nSPS) is 13.2. The average molecular weight is 378 g/mol. The smallest absolute Gasteiger partial charge is 0.343 e. The Bertz CT molecular complexity index is 958. The van der Waals surface area contributed by atoms with Crippen LogP contribution in [0.5, 0.6) is 11.5 Å².